The van der Waals surface area contributed by atoms with Crippen LogP contribution in [0.2, 0.25) is 0 Å². The van der Waals surface area contributed by atoms with Gasteiger partial charge in [-0.05, 0) is 43.8 Å². The van der Waals surface area contributed by atoms with E-state index in [0.717, 1.165) is 5.56 Å². The van der Waals surface area contributed by atoms with Crippen molar-refractivity contribution >= 4 is 27.1 Å². The first kappa shape index (κ1) is 15.3. The summed E-state index contributed by atoms with van der Waals surface area (Å²) in [5.41, 5.74) is 7.54. The third kappa shape index (κ3) is 3.14. The zero-order valence-corrected chi connectivity index (χ0v) is 12.5. The highest BCUT2D eigenvalue weighted by atomic mass is 32.2. The standard InChI is InChI=1S/C14H16FN3O2S/c1-9-4-3-5-11(15)14(9)18-13-7-6-10(8-12(13)16)21(19,20)17-2/h3-8,17-18H,16H2,1-2H3. The number of anilines is 3. The molecule has 0 aliphatic carbocycles. The lowest BCUT2D eigenvalue weighted by atomic mass is 10.1. The molecule has 0 spiro atoms. The molecule has 0 heterocycles. The van der Waals surface area contributed by atoms with Crippen molar-refractivity contribution in [2.45, 2.75) is 11.8 Å². The average molecular weight is 309 g/mol. The van der Waals surface area contributed by atoms with Gasteiger partial charge in [0.2, 0.25) is 10.0 Å². The Morgan fingerprint density at radius 3 is 2.48 bits per heavy atom. The van der Waals surface area contributed by atoms with Crippen molar-refractivity contribution in [2.24, 2.45) is 0 Å². The molecule has 0 unspecified atom stereocenters. The van der Waals surface area contributed by atoms with Crippen molar-refractivity contribution in [1.82, 2.24) is 4.72 Å². The second-order valence-corrected chi connectivity index (χ2v) is 6.40. The quantitative estimate of drug-likeness (QED) is 0.757. The molecule has 5 nitrogen and oxygen atoms in total. The van der Waals surface area contributed by atoms with E-state index < -0.39 is 15.8 Å². The number of nitrogens with two attached hydrogens (primary N) is 1. The first-order valence-corrected chi connectivity index (χ1v) is 7.68. The van der Waals surface area contributed by atoms with Gasteiger partial charge < -0.3 is 11.1 Å². The van der Waals surface area contributed by atoms with Gasteiger partial charge in [0.05, 0.1) is 22.0 Å². The van der Waals surface area contributed by atoms with E-state index >= 15 is 0 Å². The Kier molecular flexibility index (Phi) is 4.15. The molecule has 0 bridgehead atoms. The molecule has 2 aromatic rings. The predicted molar refractivity (Wildman–Crippen MR) is 81.5 cm³/mol. The predicted octanol–water partition coefficient (Wildman–Crippen LogP) is 2.37. The van der Waals surface area contributed by atoms with Crippen LogP contribution >= 0.6 is 0 Å². The van der Waals surface area contributed by atoms with Crippen LogP contribution < -0.4 is 15.8 Å². The van der Waals surface area contributed by atoms with E-state index in [1.165, 1.54) is 31.3 Å². The number of sulfonamides is 1. The first-order valence-electron chi connectivity index (χ1n) is 6.20. The molecule has 0 fully saturated rings. The third-order valence-corrected chi connectivity index (χ3v) is 4.50. The summed E-state index contributed by atoms with van der Waals surface area (Å²) in [6, 6.07) is 8.95. The Hall–Kier alpha value is -2.12. The number of hydrogen-bond acceptors (Lipinski definition) is 4. The van der Waals surface area contributed by atoms with Crippen LogP contribution in [0, 0.1) is 12.7 Å². The minimum Gasteiger partial charge on any atom is -0.397 e. The smallest absolute Gasteiger partial charge is 0.240 e. The van der Waals surface area contributed by atoms with E-state index in [0.29, 0.717) is 11.4 Å². The minimum absolute atomic E-state index is 0.0540. The molecule has 0 saturated carbocycles. The lowest BCUT2D eigenvalue weighted by Crippen LogP contribution is -2.18. The highest BCUT2D eigenvalue weighted by molar-refractivity contribution is 7.89. The fourth-order valence-corrected chi connectivity index (χ4v) is 2.63. The number of hydrogen-bond donors (Lipinski definition) is 3. The van der Waals surface area contributed by atoms with E-state index in [2.05, 4.69) is 10.0 Å². The summed E-state index contributed by atoms with van der Waals surface area (Å²) in [4.78, 5) is 0.0540. The zero-order valence-electron chi connectivity index (χ0n) is 11.6. The molecule has 0 atom stereocenters. The summed E-state index contributed by atoms with van der Waals surface area (Å²) < 4.78 is 39.4. The molecule has 112 valence electrons. The van der Waals surface area contributed by atoms with Crippen LogP contribution in [0.25, 0.3) is 0 Å². The van der Waals surface area contributed by atoms with Gasteiger partial charge in [0, 0.05) is 0 Å². The third-order valence-electron chi connectivity index (χ3n) is 3.08. The van der Waals surface area contributed by atoms with Crippen molar-refractivity contribution in [3.63, 3.8) is 0 Å². The molecule has 0 aromatic heterocycles. The van der Waals surface area contributed by atoms with Gasteiger partial charge in [0.15, 0.2) is 0 Å². The molecule has 2 rings (SSSR count). The minimum atomic E-state index is -3.56. The number of benzene rings is 2. The molecule has 0 amide bonds. The highest BCUT2D eigenvalue weighted by Crippen LogP contribution is 2.29. The van der Waals surface area contributed by atoms with Crippen molar-refractivity contribution in [3.05, 3.63) is 47.8 Å². The highest BCUT2D eigenvalue weighted by Gasteiger charge is 2.14. The van der Waals surface area contributed by atoms with Crippen LogP contribution in [0.1, 0.15) is 5.56 Å². The van der Waals surface area contributed by atoms with Crippen molar-refractivity contribution in [3.8, 4) is 0 Å². The second kappa shape index (κ2) is 5.71. The van der Waals surface area contributed by atoms with Crippen LogP contribution in [0.15, 0.2) is 41.3 Å². The molecular weight excluding hydrogens is 293 g/mol. The topological polar surface area (TPSA) is 84.2 Å². The lowest BCUT2D eigenvalue weighted by Gasteiger charge is -2.13. The summed E-state index contributed by atoms with van der Waals surface area (Å²) in [6.07, 6.45) is 0. The van der Waals surface area contributed by atoms with Gasteiger partial charge in [0.25, 0.3) is 0 Å². The number of nitrogens with one attached hydrogen (secondary N) is 2. The molecule has 0 radical (unpaired) electrons. The molecule has 2 aromatic carbocycles. The van der Waals surface area contributed by atoms with Gasteiger partial charge in [0.1, 0.15) is 5.82 Å². The molecule has 0 aliphatic heterocycles. The van der Waals surface area contributed by atoms with E-state index in [4.69, 9.17) is 5.73 Å². The van der Waals surface area contributed by atoms with Crippen molar-refractivity contribution in [1.29, 1.82) is 0 Å². The number of rotatable bonds is 4. The van der Waals surface area contributed by atoms with Gasteiger partial charge in [-0.25, -0.2) is 17.5 Å². The van der Waals surface area contributed by atoms with Crippen molar-refractivity contribution < 1.29 is 12.8 Å². The van der Waals surface area contributed by atoms with Crippen LogP contribution in [-0.4, -0.2) is 15.5 Å². The van der Waals surface area contributed by atoms with E-state index in [-0.39, 0.29) is 10.6 Å². The number of halogens is 1. The number of nitrogen functional groups attached to an aromatic ring is 1. The van der Waals surface area contributed by atoms with E-state index in [9.17, 15) is 12.8 Å². The molecule has 0 saturated heterocycles. The lowest BCUT2D eigenvalue weighted by molar-refractivity contribution is 0.588. The van der Waals surface area contributed by atoms with E-state index in [1.54, 1.807) is 19.1 Å². The molecule has 4 N–H and O–H groups in total. The monoisotopic (exact) mass is 309 g/mol. The Morgan fingerprint density at radius 1 is 1.19 bits per heavy atom. The summed E-state index contributed by atoms with van der Waals surface area (Å²) in [5, 5.41) is 2.89. The Balaban J connectivity index is 2.39. The maximum Gasteiger partial charge on any atom is 0.240 e. The Labute approximate surface area is 123 Å². The average Bonchev–Trinajstić information content (AvgIpc) is 2.44. The molecular formula is C14H16FN3O2S. The fraction of sp³-hybridized carbons (Fsp3) is 0.143. The number of aryl methyl sites for hydroxylation is 1. The second-order valence-electron chi connectivity index (χ2n) is 4.51. The molecule has 21 heavy (non-hydrogen) atoms. The molecule has 0 aliphatic rings. The van der Waals surface area contributed by atoms with Gasteiger partial charge >= 0.3 is 0 Å². The zero-order chi connectivity index (χ0) is 15.6. The van der Waals surface area contributed by atoms with Crippen molar-refractivity contribution in [2.75, 3.05) is 18.1 Å². The SMILES string of the molecule is CNS(=O)(=O)c1ccc(Nc2c(C)cccc2F)c(N)c1. The van der Waals surface area contributed by atoms with Gasteiger partial charge in [-0.2, -0.15) is 0 Å². The van der Waals surface area contributed by atoms with Crippen LogP contribution in [0.4, 0.5) is 21.5 Å². The van der Waals surface area contributed by atoms with Gasteiger partial charge in [-0.3, -0.25) is 0 Å². The van der Waals surface area contributed by atoms with E-state index in [1.807, 2.05) is 0 Å². The maximum atomic E-state index is 13.8. The maximum absolute atomic E-state index is 13.8. The summed E-state index contributed by atoms with van der Waals surface area (Å²) in [5.74, 6) is -0.402. The normalized spacial score (nSPS) is 11.4. The Bertz CT molecular complexity index is 756. The summed E-state index contributed by atoms with van der Waals surface area (Å²) in [6.45, 7) is 1.77. The Morgan fingerprint density at radius 2 is 1.90 bits per heavy atom. The largest absolute Gasteiger partial charge is 0.397 e. The van der Waals surface area contributed by atoms with Crippen LogP contribution in [0.5, 0.6) is 0 Å². The van der Waals surface area contributed by atoms with Gasteiger partial charge in [-0.1, -0.05) is 12.1 Å². The van der Waals surface area contributed by atoms with Gasteiger partial charge in [-0.15, -0.1) is 0 Å². The first-order chi connectivity index (χ1) is 9.85. The molecule has 7 heteroatoms. The fourth-order valence-electron chi connectivity index (χ4n) is 1.86. The summed E-state index contributed by atoms with van der Waals surface area (Å²) in [7, 11) is -2.24. The van der Waals surface area contributed by atoms with Crippen LogP contribution in [-0.2, 0) is 10.0 Å². The van der Waals surface area contributed by atoms with Crippen LogP contribution in [0.3, 0.4) is 0 Å². The summed E-state index contributed by atoms with van der Waals surface area (Å²) >= 11 is 0. The number of para-hydroxylation sites is 1.